The van der Waals surface area contributed by atoms with Gasteiger partial charge in [-0.25, -0.2) is 4.31 Å². The molecule has 0 atom stereocenters. The molecule has 0 aromatic heterocycles. The Labute approximate surface area is 92.4 Å². The summed E-state index contributed by atoms with van der Waals surface area (Å²) < 4.78 is 2.22. The molecular weight excluding hydrogens is 222 g/mol. The lowest BCUT2D eigenvalue weighted by molar-refractivity contribution is 0.449. The molecule has 13 heavy (non-hydrogen) atoms. The normalized spacial score (nSPS) is 17.1. The number of thiol groups is 1. The number of hydrogen-bond acceptors (Lipinski definition) is 3. The van der Waals surface area contributed by atoms with Crippen molar-refractivity contribution in [3.8, 4) is 0 Å². The van der Waals surface area contributed by atoms with Crippen LogP contribution in [0.1, 0.15) is 11.1 Å². The van der Waals surface area contributed by atoms with E-state index in [1.807, 2.05) is 12.1 Å². The fraction of sp³-hybridized carbons (Fsp3) is 0.333. The second kappa shape index (κ2) is 4.13. The molecule has 0 unspecified atom stereocenters. The lowest BCUT2D eigenvalue weighted by Gasteiger charge is -2.26. The molecule has 1 aromatic rings. The zero-order valence-electron chi connectivity index (χ0n) is 7.03. The first-order valence-corrected chi connectivity index (χ1v) is 6.34. The fourth-order valence-corrected chi connectivity index (χ4v) is 2.68. The van der Waals surface area contributed by atoms with Gasteiger partial charge in [0.05, 0.1) is 0 Å². The van der Waals surface area contributed by atoms with Crippen LogP contribution < -0.4 is 0 Å². The highest BCUT2D eigenvalue weighted by Gasteiger charge is 2.17. The summed E-state index contributed by atoms with van der Waals surface area (Å²) in [6.07, 6.45) is 1.03. The maximum atomic E-state index is 6.09. The molecule has 1 nitrogen and oxygen atoms in total. The summed E-state index contributed by atoms with van der Waals surface area (Å²) in [6.45, 7) is 1.98. The zero-order valence-corrected chi connectivity index (χ0v) is 9.50. The minimum absolute atomic E-state index is 0.904. The lowest BCUT2D eigenvalue weighted by Crippen LogP contribution is -2.23. The number of halogens is 1. The first kappa shape index (κ1) is 9.71. The third-order valence-corrected chi connectivity index (χ3v) is 3.88. The summed E-state index contributed by atoms with van der Waals surface area (Å²) in [6, 6.07) is 6.11. The van der Waals surface area contributed by atoms with Crippen LogP contribution in [0, 0.1) is 0 Å². The van der Waals surface area contributed by atoms with Crippen LogP contribution in [0.5, 0.6) is 0 Å². The first-order chi connectivity index (χ1) is 6.31. The number of nitrogens with zero attached hydrogens (tertiary/aromatic N) is 1. The Hall–Kier alpha value is 0.170. The predicted octanol–water partition coefficient (Wildman–Crippen LogP) is 3.19. The van der Waals surface area contributed by atoms with Crippen LogP contribution in [-0.4, -0.2) is 10.8 Å². The van der Waals surface area contributed by atoms with Crippen molar-refractivity contribution >= 4 is 34.2 Å². The van der Waals surface area contributed by atoms with Gasteiger partial charge >= 0.3 is 0 Å². The lowest BCUT2D eigenvalue weighted by atomic mass is 10.0. The molecule has 0 radical (unpaired) electrons. The Morgan fingerprint density at radius 3 is 3.08 bits per heavy atom. The van der Waals surface area contributed by atoms with E-state index in [4.69, 9.17) is 11.6 Å². The summed E-state index contributed by atoms with van der Waals surface area (Å²) in [5.41, 5.74) is 2.64. The van der Waals surface area contributed by atoms with Crippen molar-refractivity contribution in [1.82, 2.24) is 4.31 Å². The quantitative estimate of drug-likeness (QED) is 0.449. The molecule has 1 aliphatic rings. The molecule has 70 valence electrons. The van der Waals surface area contributed by atoms with Crippen LogP contribution >= 0.6 is 34.2 Å². The smallest absolute Gasteiger partial charge is 0.0441 e. The number of benzene rings is 1. The van der Waals surface area contributed by atoms with E-state index in [1.54, 1.807) is 0 Å². The van der Waals surface area contributed by atoms with E-state index >= 15 is 0 Å². The van der Waals surface area contributed by atoms with Gasteiger partial charge in [-0.3, -0.25) is 0 Å². The van der Waals surface area contributed by atoms with Gasteiger partial charge < -0.3 is 0 Å². The summed E-state index contributed by atoms with van der Waals surface area (Å²) >= 11 is 10.3. The molecule has 4 heteroatoms. The van der Waals surface area contributed by atoms with E-state index in [9.17, 15) is 0 Å². The van der Waals surface area contributed by atoms with Gasteiger partial charge in [-0.15, -0.1) is 0 Å². The molecule has 0 fully saturated rings. The Morgan fingerprint density at radius 1 is 1.46 bits per heavy atom. The molecule has 0 saturated heterocycles. The minimum atomic E-state index is 0.904. The van der Waals surface area contributed by atoms with E-state index < -0.39 is 0 Å². The van der Waals surface area contributed by atoms with Gasteiger partial charge in [0, 0.05) is 18.1 Å². The molecule has 0 amide bonds. The van der Waals surface area contributed by atoms with Gasteiger partial charge in [0.25, 0.3) is 0 Å². The molecule has 0 saturated carbocycles. The van der Waals surface area contributed by atoms with Crippen LogP contribution in [0.3, 0.4) is 0 Å². The Kier molecular flexibility index (Phi) is 3.09. The Morgan fingerprint density at radius 2 is 2.31 bits per heavy atom. The monoisotopic (exact) mass is 231 g/mol. The highest BCUT2D eigenvalue weighted by atomic mass is 35.5. The third-order valence-electron chi connectivity index (χ3n) is 2.29. The zero-order chi connectivity index (χ0) is 9.26. The van der Waals surface area contributed by atoms with Crippen LogP contribution in [-0.2, 0) is 13.0 Å². The topological polar surface area (TPSA) is 3.24 Å². The second-order valence-corrected chi connectivity index (χ2v) is 4.65. The van der Waals surface area contributed by atoms with E-state index in [-0.39, 0.29) is 0 Å². The third kappa shape index (κ3) is 1.99. The van der Waals surface area contributed by atoms with Crippen molar-refractivity contribution < 1.29 is 0 Å². The van der Waals surface area contributed by atoms with Crippen LogP contribution in [0.15, 0.2) is 18.2 Å². The number of rotatable bonds is 1. The van der Waals surface area contributed by atoms with E-state index in [2.05, 4.69) is 22.0 Å². The maximum Gasteiger partial charge on any atom is 0.0441 e. The summed E-state index contributed by atoms with van der Waals surface area (Å²) in [7, 11) is 1.50. The van der Waals surface area contributed by atoms with Crippen molar-refractivity contribution in [3.05, 3.63) is 34.3 Å². The summed E-state index contributed by atoms with van der Waals surface area (Å²) in [4.78, 5) is 0. The maximum absolute atomic E-state index is 6.09. The Balaban J connectivity index is 2.31. The van der Waals surface area contributed by atoms with Gasteiger partial charge in [0.15, 0.2) is 0 Å². The van der Waals surface area contributed by atoms with Gasteiger partial charge in [0.1, 0.15) is 0 Å². The standard InChI is InChI=1S/C9H10ClNS2/c10-9-3-1-2-7-6-11(13-12)5-4-8(7)9/h1-3,12H,4-6H2. The van der Waals surface area contributed by atoms with E-state index in [0.29, 0.717) is 0 Å². The van der Waals surface area contributed by atoms with Gasteiger partial charge in [-0.2, -0.15) is 0 Å². The van der Waals surface area contributed by atoms with Crippen molar-refractivity contribution in [2.75, 3.05) is 6.54 Å². The fourth-order valence-electron chi connectivity index (χ4n) is 1.61. The van der Waals surface area contributed by atoms with Crippen molar-refractivity contribution in [2.24, 2.45) is 0 Å². The average Bonchev–Trinajstić information content (AvgIpc) is 2.18. The van der Waals surface area contributed by atoms with Crippen molar-refractivity contribution in [1.29, 1.82) is 0 Å². The van der Waals surface area contributed by atoms with E-state index in [1.165, 1.54) is 22.1 Å². The highest BCUT2D eigenvalue weighted by molar-refractivity contribution is 8.67. The number of fused-ring (bicyclic) bond motifs is 1. The van der Waals surface area contributed by atoms with Gasteiger partial charge in [-0.1, -0.05) is 35.4 Å². The molecule has 2 rings (SSSR count). The first-order valence-electron chi connectivity index (χ1n) is 4.14. The number of hydrogen-bond donors (Lipinski definition) is 1. The largest absolute Gasteiger partial charge is 0.237 e. The van der Waals surface area contributed by atoms with Gasteiger partial charge in [-0.05, 0) is 34.6 Å². The molecule has 1 aliphatic heterocycles. The molecule has 0 N–H and O–H groups in total. The Bertz CT molecular complexity index is 316. The SMILES string of the molecule is SSN1CCc2c(Cl)cccc2C1. The molecule has 0 aliphatic carbocycles. The minimum Gasteiger partial charge on any atom is -0.237 e. The second-order valence-electron chi connectivity index (χ2n) is 3.07. The summed E-state index contributed by atoms with van der Waals surface area (Å²) in [5, 5.41) is 0.904. The molecular formula is C9H10ClNS2. The van der Waals surface area contributed by atoms with Crippen LogP contribution in [0.4, 0.5) is 0 Å². The van der Waals surface area contributed by atoms with Gasteiger partial charge in [0.2, 0.25) is 0 Å². The molecule has 0 spiro atoms. The van der Waals surface area contributed by atoms with Crippen LogP contribution in [0.25, 0.3) is 0 Å². The van der Waals surface area contributed by atoms with E-state index in [0.717, 1.165) is 24.5 Å². The molecule has 0 bridgehead atoms. The molecule has 1 heterocycles. The average molecular weight is 232 g/mol. The van der Waals surface area contributed by atoms with Crippen molar-refractivity contribution in [3.63, 3.8) is 0 Å². The predicted molar refractivity (Wildman–Crippen MR) is 62.1 cm³/mol. The molecule has 1 aromatic carbocycles. The van der Waals surface area contributed by atoms with Crippen LogP contribution in [0.2, 0.25) is 5.02 Å². The highest BCUT2D eigenvalue weighted by Crippen LogP contribution is 2.29. The van der Waals surface area contributed by atoms with Crippen molar-refractivity contribution in [2.45, 2.75) is 13.0 Å². The summed E-state index contributed by atoms with van der Waals surface area (Å²) in [5.74, 6) is 0.